The van der Waals surface area contributed by atoms with E-state index in [1.807, 2.05) is 0 Å². The summed E-state index contributed by atoms with van der Waals surface area (Å²) in [4.78, 5) is 0.0198. The summed E-state index contributed by atoms with van der Waals surface area (Å²) in [5, 5.41) is 3.97. The Morgan fingerprint density at radius 3 is 2.78 bits per heavy atom. The molecule has 0 N–H and O–H groups in total. The molecule has 2 aromatic rings. The van der Waals surface area contributed by atoms with Gasteiger partial charge in [-0.25, -0.2) is 12.8 Å². The van der Waals surface area contributed by atoms with Crippen LogP contribution in [-0.4, -0.2) is 24.0 Å². The first kappa shape index (κ1) is 12.8. The molecule has 4 nitrogen and oxygen atoms in total. The van der Waals surface area contributed by atoms with Crippen molar-refractivity contribution in [2.24, 2.45) is 7.05 Å². The third kappa shape index (κ3) is 2.95. The third-order valence-electron chi connectivity index (χ3n) is 2.57. The van der Waals surface area contributed by atoms with E-state index in [4.69, 9.17) is 0 Å². The van der Waals surface area contributed by atoms with E-state index in [2.05, 4.69) is 5.10 Å². The summed E-state index contributed by atoms with van der Waals surface area (Å²) >= 11 is 0. The summed E-state index contributed by atoms with van der Waals surface area (Å²) in [6, 6.07) is 5.06. The fraction of sp³-hybridized carbons (Fsp3) is 0.250. The maximum Gasteiger partial charge on any atom is 0.178 e. The first-order chi connectivity index (χ1) is 8.47. The van der Waals surface area contributed by atoms with Crippen molar-refractivity contribution < 1.29 is 12.8 Å². The van der Waals surface area contributed by atoms with Crippen LogP contribution in [0.5, 0.6) is 0 Å². The van der Waals surface area contributed by atoms with E-state index in [1.165, 1.54) is 18.2 Å². The smallest absolute Gasteiger partial charge is 0.178 e. The summed E-state index contributed by atoms with van der Waals surface area (Å²) in [6.45, 7) is 0. The zero-order valence-electron chi connectivity index (χ0n) is 9.88. The monoisotopic (exact) mass is 268 g/mol. The Bertz CT molecular complexity index is 650. The number of rotatable bonds is 4. The van der Waals surface area contributed by atoms with Gasteiger partial charge in [-0.1, -0.05) is 6.07 Å². The van der Waals surface area contributed by atoms with Gasteiger partial charge < -0.3 is 0 Å². The van der Waals surface area contributed by atoms with Gasteiger partial charge in [-0.2, -0.15) is 5.10 Å². The van der Waals surface area contributed by atoms with Crippen molar-refractivity contribution >= 4 is 9.84 Å². The van der Waals surface area contributed by atoms with Gasteiger partial charge in [-0.05, 0) is 30.2 Å². The summed E-state index contributed by atoms with van der Waals surface area (Å²) in [6.07, 6.45) is 3.76. The number of hydrogen-bond donors (Lipinski definition) is 0. The maximum absolute atomic E-state index is 13.0. The minimum Gasteiger partial charge on any atom is -0.276 e. The lowest BCUT2D eigenvalue weighted by molar-refractivity contribution is 0.590. The zero-order valence-corrected chi connectivity index (χ0v) is 10.7. The van der Waals surface area contributed by atoms with Crippen LogP contribution < -0.4 is 0 Å². The molecule has 0 aliphatic rings. The number of sulfone groups is 1. The molecule has 0 saturated carbocycles. The van der Waals surface area contributed by atoms with Gasteiger partial charge >= 0.3 is 0 Å². The maximum atomic E-state index is 13.0. The van der Waals surface area contributed by atoms with E-state index in [0.717, 1.165) is 11.6 Å². The van der Waals surface area contributed by atoms with Gasteiger partial charge in [-0.15, -0.1) is 0 Å². The molecule has 0 bridgehead atoms. The molecular formula is C12H13FN2O2S. The SMILES string of the molecule is Cn1cc(CCS(=O)(=O)c2cccc(F)c2)cn1. The van der Waals surface area contributed by atoms with Crippen molar-refractivity contribution in [3.63, 3.8) is 0 Å². The van der Waals surface area contributed by atoms with Crippen LogP contribution in [0.3, 0.4) is 0 Å². The summed E-state index contributed by atoms with van der Waals surface area (Å²) in [7, 11) is -1.68. The van der Waals surface area contributed by atoms with Crippen LogP contribution in [0.4, 0.5) is 4.39 Å². The van der Waals surface area contributed by atoms with Crippen molar-refractivity contribution in [2.75, 3.05) is 5.75 Å². The largest absolute Gasteiger partial charge is 0.276 e. The Kier molecular flexibility index (Phi) is 3.47. The molecule has 0 amide bonds. The number of aryl methyl sites for hydroxylation is 2. The first-order valence-electron chi connectivity index (χ1n) is 5.43. The molecule has 6 heteroatoms. The van der Waals surface area contributed by atoms with Gasteiger partial charge in [0.1, 0.15) is 5.82 Å². The Labute approximate surface area is 105 Å². The number of aromatic nitrogens is 2. The molecule has 2 rings (SSSR count). The van der Waals surface area contributed by atoms with E-state index >= 15 is 0 Å². The predicted octanol–water partition coefficient (Wildman–Crippen LogP) is 1.58. The standard InChI is InChI=1S/C12H13FN2O2S/c1-15-9-10(8-14-15)5-6-18(16,17)12-4-2-3-11(13)7-12/h2-4,7-9H,5-6H2,1H3. The second-order valence-electron chi connectivity index (χ2n) is 4.05. The summed E-state index contributed by atoms with van der Waals surface area (Å²) in [5.41, 5.74) is 0.845. The van der Waals surface area contributed by atoms with Gasteiger partial charge in [0.25, 0.3) is 0 Å². The second kappa shape index (κ2) is 4.89. The Morgan fingerprint density at radius 2 is 2.17 bits per heavy atom. The van der Waals surface area contributed by atoms with Crippen molar-refractivity contribution in [3.8, 4) is 0 Å². The molecule has 0 saturated heterocycles. The zero-order chi connectivity index (χ0) is 13.2. The topological polar surface area (TPSA) is 52.0 Å². The lowest BCUT2D eigenvalue weighted by Crippen LogP contribution is -2.09. The molecule has 0 radical (unpaired) electrons. The quantitative estimate of drug-likeness (QED) is 0.846. The van der Waals surface area contributed by atoms with E-state index in [9.17, 15) is 12.8 Å². The highest BCUT2D eigenvalue weighted by molar-refractivity contribution is 7.91. The number of halogens is 1. The number of nitrogens with zero attached hydrogens (tertiary/aromatic N) is 2. The van der Waals surface area contributed by atoms with Crippen molar-refractivity contribution in [2.45, 2.75) is 11.3 Å². The third-order valence-corrected chi connectivity index (χ3v) is 4.29. The Morgan fingerprint density at radius 1 is 1.39 bits per heavy atom. The minimum atomic E-state index is -3.45. The fourth-order valence-corrected chi connectivity index (χ4v) is 2.95. The van der Waals surface area contributed by atoms with Gasteiger partial charge in [0.2, 0.25) is 0 Å². The molecule has 1 heterocycles. The highest BCUT2D eigenvalue weighted by atomic mass is 32.2. The Balaban J connectivity index is 2.13. The van der Waals surface area contributed by atoms with Crippen LogP contribution in [0, 0.1) is 5.82 Å². The van der Waals surface area contributed by atoms with Crippen LogP contribution in [0.25, 0.3) is 0 Å². The van der Waals surface area contributed by atoms with E-state index in [-0.39, 0.29) is 10.6 Å². The molecule has 0 atom stereocenters. The van der Waals surface area contributed by atoms with E-state index in [0.29, 0.717) is 6.42 Å². The molecule has 0 aliphatic carbocycles. The van der Waals surface area contributed by atoms with E-state index < -0.39 is 15.7 Å². The van der Waals surface area contributed by atoms with Crippen LogP contribution in [0.15, 0.2) is 41.6 Å². The van der Waals surface area contributed by atoms with Crippen molar-refractivity contribution in [1.29, 1.82) is 0 Å². The van der Waals surface area contributed by atoms with E-state index in [1.54, 1.807) is 24.1 Å². The molecule has 96 valence electrons. The van der Waals surface area contributed by atoms with Gasteiger partial charge in [0, 0.05) is 13.2 Å². The van der Waals surface area contributed by atoms with Crippen LogP contribution in [-0.2, 0) is 23.3 Å². The normalized spacial score (nSPS) is 11.7. The van der Waals surface area contributed by atoms with Crippen LogP contribution in [0.2, 0.25) is 0 Å². The average molecular weight is 268 g/mol. The molecular weight excluding hydrogens is 255 g/mol. The molecule has 0 fully saturated rings. The molecule has 1 aromatic carbocycles. The predicted molar refractivity (Wildman–Crippen MR) is 65.4 cm³/mol. The molecule has 0 unspecified atom stereocenters. The highest BCUT2D eigenvalue weighted by Gasteiger charge is 2.15. The van der Waals surface area contributed by atoms with Gasteiger partial charge in [0.15, 0.2) is 9.84 Å². The van der Waals surface area contributed by atoms with Crippen molar-refractivity contribution in [3.05, 3.63) is 48.0 Å². The van der Waals surface area contributed by atoms with Gasteiger partial charge in [0.05, 0.1) is 16.8 Å². The fourth-order valence-electron chi connectivity index (χ4n) is 1.63. The summed E-state index contributed by atoms with van der Waals surface area (Å²) < 4.78 is 38.5. The van der Waals surface area contributed by atoms with Gasteiger partial charge in [-0.3, -0.25) is 4.68 Å². The van der Waals surface area contributed by atoms with Crippen molar-refractivity contribution in [1.82, 2.24) is 9.78 Å². The van der Waals surface area contributed by atoms with Crippen LogP contribution in [0.1, 0.15) is 5.56 Å². The minimum absolute atomic E-state index is 0.0198. The molecule has 1 aromatic heterocycles. The number of hydrogen-bond acceptors (Lipinski definition) is 3. The molecule has 0 spiro atoms. The lowest BCUT2D eigenvalue weighted by atomic mass is 10.3. The summed E-state index contributed by atoms with van der Waals surface area (Å²) in [5.74, 6) is -0.597. The first-order valence-corrected chi connectivity index (χ1v) is 7.08. The Hall–Kier alpha value is -1.69. The molecule has 0 aliphatic heterocycles. The molecule has 18 heavy (non-hydrogen) atoms. The highest BCUT2D eigenvalue weighted by Crippen LogP contribution is 2.14. The lowest BCUT2D eigenvalue weighted by Gasteiger charge is -2.03. The van der Waals surface area contributed by atoms with Crippen LogP contribution >= 0.6 is 0 Å². The second-order valence-corrected chi connectivity index (χ2v) is 6.16. The number of benzene rings is 1. The average Bonchev–Trinajstić information content (AvgIpc) is 2.73.